The molecular weight excluding hydrogens is 248 g/mol. The predicted octanol–water partition coefficient (Wildman–Crippen LogP) is 1.43. The Morgan fingerprint density at radius 1 is 1.50 bits per heavy atom. The van der Waals surface area contributed by atoms with Crippen LogP contribution in [-0.2, 0) is 16.0 Å². The lowest BCUT2D eigenvalue weighted by Crippen LogP contribution is -2.17. The molecule has 0 radical (unpaired) electrons. The van der Waals surface area contributed by atoms with E-state index in [-0.39, 0.29) is 24.5 Å². The van der Waals surface area contributed by atoms with Crippen LogP contribution in [0.2, 0.25) is 0 Å². The summed E-state index contributed by atoms with van der Waals surface area (Å²) < 4.78 is 34.9. The molecule has 0 unspecified atom stereocenters. The fourth-order valence-corrected chi connectivity index (χ4v) is 1.51. The number of nitrogens with one attached hydrogen (secondary N) is 1. The van der Waals surface area contributed by atoms with Gasteiger partial charge in [-0.3, -0.25) is 9.59 Å². The summed E-state index contributed by atoms with van der Waals surface area (Å²) in [6, 6.07) is 0.748. The third kappa shape index (κ3) is 3.28. The normalized spacial score (nSPS) is 10.5. The maximum absolute atomic E-state index is 12.7. The minimum absolute atomic E-state index is 0.0150. The molecule has 0 aromatic carbocycles. The minimum atomic E-state index is -2.86. The van der Waals surface area contributed by atoms with Crippen LogP contribution in [-0.4, -0.2) is 24.7 Å². The highest BCUT2D eigenvalue weighted by Gasteiger charge is 2.20. The van der Waals surface area contributed by atoms with E-state index in [0.717, 1.165) is 6.07 Å². The highest BCUT2D eigenvalue weighted by Crippen LogP contribution is 2.29. The highest BCUT2D eigenvalue weighted by atomic mass is 19.3. The van der Waals surface area contributed by atoms with Gasteiger partial charge in [-0.05, 0) is 6.92 Å². The second-order valence-corrected chi connectivity index (χ2v) is 3.38. The Labute approximate surface area is 102 Å². The summed E-state index contributed by atoms with van der Waals surface area (Å²) in [5.74, 6) is -0.824. The third-order valence-corrected chi connectivity index (χ3v) is 2.16. The van der Waals surface area contributed by atoms with Gasteiger partial charge >= 0.3 is 5.97 Å². The van der Waals surface area contributed by atoms with Gasteiger partial charge in [-0.1, -0.05) is 0 Å². The molecule has 0 amide bonds. The number of carbonyl (C=O) groups is 1. The molecule has 0 saturated carbocycles. The van der Waals surface area contributed by atoms with Crippen LogP contribution in [0.1, 0.15) is 24.6 Å². The molecule has 0 atom stereocenters. The Kier molecular flexibility index (Phi) is 4.82. The van der Waals surface area contributed by atoms with Crippen molar-refractivity contribution in [3.05, 3.63) is 27.7 Å². The molecule has 0 saturated heterocycles. The molecule has 1 rings (SSSR count). The van der Waals surface area contributed by atoms with E-state index in [0.29, 0.717) is 0 Å². The number of esters is 1. The lowest BCUT2D eigenvalue weighted by atomic mass is 10.1. The number of hydrogen-bond acceptors (Lipinski definition) is 4. The van der Waals surface area contributed by atoms with E-state index < -0.39 is 23.5 Å². The Bertz CT molecular complexity index is 484. The first-order valence-electron chi connectivity index (χ1n) is 5.23. The number of halogens is 2. The van der Waals surface area contributed by atoms with E-state index in [1.54, 1.807) is 6.92 Å². The quantitative estimate of drug-likeness (QED) is 0.814. The molecule has 1 aromatic heterocycles. The molecule has 0 aliphatic carbocycles. The van der Waals surface area contributed by atoms with Crippen molar-refractivity contribution in [2.24, 2.45) is 0 Å². The van der Waals surface area contributed by atoms with Gasteiger partial charge in [0.2, 0.25) is 5.56 Å². The second-order valence-electron chi connectivity index (χ2n) is 3.38. The van der Waals surface area contributed by atoms with E-state index in [2.05, 4.69) is 9.72 Å². The zero-order valence-corrected chi connectivity index (χ0v) is 9.96. The lowest BCUT2D eigenvalue weighted by Gasteiger charge is -2.12. The number of aromatic nitrogens is 1. The Morgan fingerprint density at radius 3 is 2.67 bits per heavy atom. The van der Waals surface area contributed by atoms with Crippen molar-refractivity contribution in [1.82, 2.24) is 4.98 Å². The monoisotopic (exact) mass is 261 g/mol. The Morgan fingerprint density at radius 2 is 2.17 bits per heavy atom. The number of H-pyrrole nitrogens is 1. The molecular formula is C11H13F2NO4. The largest absolute Gasteiger partial charge is 0.494 e. The van der Waals surface area contributed by atoms with E-state index in [4.69, 9.17) is 4.74 Å². The molecule has 1 N–H and O–H groups in total. The van der Waals surface area contributed by atoms with Gasteiger partial charge in [-0.15, -0.1) is 0 Å². The van der Waals surface area contributed by atoms with Crippen LogP contribution in [0.25, 0.3) is 0 Å². The molecule has 0 aliphatic heterocycles. The first-order chi connectivity index (χ1) is 8.49. The van der Waals surface area contributed by atoms with Gasteiger partial charge in [-0.25, -0.2) is 8.78 Å². The van der Waals surface area contributed by atoms with Gasteiger partial charge in [0, 0.05) is 6.07 Å². The molecule has 1 aromatic rings. The summed E-state index contributed by atoms with van der Waals surface area (Å²) in [6.45, 7) is 1.79. The SMILES string of the molecule is CCOC(=O)Cc1[nH]c(=O)cc(C(F)F)c1OC. The molecule has 0 fully saturated rings. The number of aromatic amines is 1. The fourth-order valence-electron chi connectivity index (χ4n) is 1.51. The smallest absolute Gasteiger partial charge is 0.311 e. The van der Waals surface area contributed by atoms with E-state index >= 15 is 0 Å². The van der Waals surface area contributed by atoms with Gasteiger partial charge in [0.1, 0.15) is 5.75 Å². The second kappa shape index (κ2) is 6.13. The maximum Gasteiger partial charge on any atom is 0.311 e. The van der Waals surface area contributed by atoms with Crippen molar-refractivity contribution in [2.75, 3.05) is 13.7 Å². The average Bonchev–Trinajstić information content (AvgIpc) is 2.28. The van der Waals surface area contributed by atoms with E-state index in [1.807, 2.05) is 0 Å². The summed E-state index contributed by atoms with van der Waals surface area (Å²) in [5, 5.41) is 0. The van der Waals surface area contributed by atoms with Crippen LogP contribution in [0.5, 0.6) is 5.75 Å². The summed E-state index contributed by atoms with van der Waals surface area (Å²) in [4.78, 5) is 24.8. The van der Waals surface area contributed by atoms with Crippen molar-refractivity contribution in [1.29, 1.82) is 0 Å². The van der Waals surface area contributed by atoms with Crippen LogP contribution in [0.4, 0.5) is 8.78 Å². The lowest BCUT2D eigenvalue weighted by molar-refractivity contribution is -0.142. The number of rotatable bonds is 5. The van der Waals surface area contributed by atoms with Gasteiger partial charge in [0.15, 0.2) is 0 Å². The predicted molar refractivity (Wildman–Crippen MR) is 58.9 cm³/mol. The van der Waals surface area contributed by atoms with Crippen LogP contribution in [0.3, 0.4) is 0 Å². The molecule has 5 nitrogen and oxygen atoms in total. The number of hydrogen-bond donors (Lipinski definition) is 1. The van der Waals surface area contributed by atoms with Crippen LogP contribution in [0, 0.1) is 0 Å². The number of carbonyl (C=O) groups excluding carboxylic acids is 1. The molecule has 18 heavy (non-hydrogen) atoms. The van der Waals surface area contributed by atoms with Gasteiger partial charge in [0.25, 0.3) is 6.43 Å². The minimum Gasteiger partial charge on any atom is -0.494 e. The zero-order valence-electron chi connectivity index (χ0n) is 9.96. The van der Waals surface area contributed by atoms with Gasteiger partial charge in [0.05, 0.1) is 31.4 Å². The zero-order chi connectivity index (χ0) is 13.7. The molecule has 0 aliphatic rings. The molecule has 0 bridgehead atoms. The molecule has 0 spiro atoms. The van der Waals surface area contributed by atoms with Crippen LogP contribution < -0.4 is 10.3 Å². The van der Waals surface area contributed by atoms with Crippen molar-refractivity contribution >= 4 is 5.97 Å². The molecule has 100 valence electrons. The van der Waals surface area contributed by atoms with E-state index in [9.17, 15) is 18.4 Å². The van der Waals surface area contributed by atoms with Crippen molar-refractivity contribution in [3.63, 3.8) is 0 Å². The molecule has 1 heterocycles. The van der Waals surface area contributed by atoms with Crippen LogP contribution >= 0.6 is 0 Å². The summed E-state index contributed by atoms with van der Waals surface area (Å²) in [5.41, 5.74) is -1.27. The first kappa shape index (κ1) is 14.1. The van der Waals surface area contributed by atoms with E-state index in [1.165, 1.54) is 7.11 Å². The maximum atomic E-state index is 12.7. The Hall–Kier alpha value is -1.92. The first-order valence-corrected chi connectivity index (χ1v) is 5.23. The summed E-state index contributed by atoms with van der Waals surface area (Å²) in [6.07, 6.45) is -3.18. The van der Waals surface area contributed by atoms with Crippen LogP contribution in [0.15, 0.2) is 10.9 Å². The van der Waals surface area contributed by atoms with Gasteiger partial charge in [-0.2, -0.15) is 0 Å². The number of alkyl halides is 2. The topological polar surface area (TPSA) is 68.4 Å². The Balaban J connectivity index is 3.17. The third-order valence-electron chi connectivity index (χ3n) is 2.16. The fraction of sp³-hybridized carbons (Fsp3) is 0.455. The number of ether oxygens (including phenoxy) is 2. The summed E-state index contributed by atoms with van der Waals surface area (Å²) in [7, 11) is 1.19. The summed E-state index contributed by atoms with van der Waals surface area (Å²) >= 11 is 0. The number of pyridine rings is 1. The van der Waals surface area contributed by atoms with Crippen molar-refractivity contribution in [2.45, 2.75) is 19.8 Å². The van der Waals surface area contributed by atoms with Crippen molar-refractivity contribution in [3.8, 4) is 5.75 Å². The average molecular weight is 261 g/mol. The highest BCUT2D eigenvalue weighted by molar-refractivity contribution is 5.73. The standard InChI is InChI=1S/C11H13F2NO4/c1-3-18-9(16)5-7-10(17-2)6(11(12)13)4-8(15)14-7/h4,11H,3,5H2,1-2H3,(H,14,15). The molecule has 7 heteroatoms. The number of methoxy groups -OCH3 is 1. The van der Waals surface area contributed by atoms with Crippen molar-refractivity contribution < 1.29 is 23.0 Å². The van der Waals surface area contributed by atoms with Gasteiger partial charge < -0.3 is 14.5 Å².